The lowest BCUT2D eigenvalue weighted by molar-refractivity contribution is -0.117. The van der Waals surface area contributed by atoms with Crippen molar-refractivity contribution < 1.29 is 4.79 Å². The lowest BCUT2D eigenvalue weighted by Gasteiger charge is -2.34. The molecule has 2 N–H and O–H groups in total. The SMILES string of the molecule is O=C(CC1CCCC1)Nc1cccc(N2CCC(NCc3cnc4ccccn34)CC2)c1. The van der Waals surface area contributed by atoms with Crippen molar-refractivity contribution in [3.63, 3.8) is 0 Å². The summed E-state index contributed by atoms with van der Waals surface area (Å²) in [7, 11) is 0. The van der Waals surface area contributed by atoms with Crippen molar-refractivity contribution in [3.05, 3.63) is 60.6 Å². The van der Waals surface area contributed by atoms with Crippen LogP contribution in [-0.2, 0) is 11.3 Å². The minimum Gasteiger partial charge on any atom is -0.371 e. The van der Waals surface area contributed by atoms with Crippen molar-refractivity contribution in [2.75, 3.05) is 23.3 Å². The Morgan fingerprint density at radius 2 is 1.88 bits per heavy atom. The van der Waals surface area contributed by atoms with E-state index in [1.807, 2.05) is 30.5 Å². The highest BCUT2D eigenvalue weighted by molar-refractivity contribution is 5.91. The topological polar surface area (TPSA) is 61.7 Å². The second kappa shape index (κ2) is 9.74. The number of fused-ring (bicyclic) bond motifs is 1. The van der Waals surface area contributed by atoms with Crippen LogP contribution in [0, 0.1) is 5.92 Å². The van der Waals surface area contributed by atoms with E-state index in [0.717, 1.165) is 43.8 Å². The van der Waals surface area contributed by atoms with Crippen LogP contribution < -0.4 is 15.5 Å². The van der Waals surface area contributed by atoms with Crippen LogP contribution in [0.4, 0.5) is 11.4 Å². The molecule has 6 heteroatoms. The predicted octanol–water partition coefficient (Wildman–Crippen LogP) is 4.61. The third-order valence-electron chi connectivity index (χ3n) is 7.00. The molecule has 1 saturated carbocycles. The molecule has 2 aliphatic rings. The van der Waals surface area contributed by atoms with E-state index >= 15 is 0 Å². The fraction of sp³-hybridized carbons (Fsp3) is 0.462. The molecule has 32 heavy (non-hydrogen) atoms. The molecule has 1 aliphatic carbocycles. The molecule has 1 amide bonds. The van der Waals surface area contributed by atoms with E-state index in [0.29, 0.717) is 18.4 Å². The van der Waals surface area contributed by atoms with Crippen LogP contribution in [-0.4, -0.2) is 34.4 Å². The minimum absolute atomic E-state index is 0.157. The number of nitrogens with one attached hydrogen (secondary N) is 2. The molecule has 2 aromatic heterocycles. The first-order valence-electron chi connectivity index (χ1n) is 12.0. The fourth-order valence-electron chi connectivity index (χ4n) is 5.18. The van der Waals surface area contributed by atoms with E-state index in [1.165, 1.54) is 37.1 Å². The van der Waals surface area contributed by atoms with Gasteiger partial charge in [-0.2, -0.15) is 0 Å². The summed E-state index contributed by atoms with van der Waals surface area (Å²) in [5.41, 5.74) is 4.31. The van der Waals surface area contributed by atoms with E-state index in [1.54, 1.807) is 0 Å². The van der Waals surface area contributed by atoms with Gasteiger partial charge in [0.15, 0.2) is 0 Å². The van der Waals surface area contributed by atoms with Crippen molar-refractivity contribution in [2.24, 2.45) is 5.92 Å². The van der Waals surface area contributed by atoms with Gasteiger partial charge in [0.05, 0.1) is 11.9 Å². The number of hydrogen-bond acceptors (Lipinski definition) is 4. The second-order valence-corrected chi connectivity index (χ2v) is 9.27. The highest BCUT2D eigenvalue weighted by Gasteiger charge is 2.21. The number of hydrogen-bond donors (Lipinski definition) is 2. The Morgan fingerprint density at radius 3 is 2.72 bits per heavy atom. The summed E-state index contributed by atoms with van der Waals surface area (Å²) in [6.07, 6.45) is 11.9. The Balaban J connectivity index is 1.11. The number of anilines is 2. The van der Waals surface area contributed by atoms with Gasteiger partial charge >= 0.3 is 0 Å². The molecule has 0 unspecified atom stereocenters. The number of nitrogens with zero attached hydrogens (tertiary/aromatic N) is 3. The maximum absolute atomic E-state index is 12.4. The summed E-state index contributed by atoms with van der Waals surface area (Å²) in [6.45, 7) is 2.87. The van der Waals surface area contributed by atoms with Gasteiger partial charge in [-0.1, -0.05) is 25.0 Å². The molecule has 168 valence electrons. The predicted molar refractivity (Wildman–Crippen MR) is 129 cm³/mol. The van der Waals surface area contributed by atoms with Crippen molar-refractivity contribution >= 4 is 22.9 Å². The highest BCUT2D eigenvalue weighted by atomic mass is 16.1. The average molecular weight is 432 g/mol. The number of carbonyl (C=O) groups is 1. The molecule has 3 aromatic rings. The zero-order valence-electron chi connectivity index (χ0n) is 18.7. The van der Waals surface area contributed by atoms with Crippen molar-refractivity contribution in [3.8, 4) is 0 Å². The van der Waals surface area contributed by atoms with E-state index in [2.05, 4.69) is 49.3 Å². The zero-order chi connectivity index (χ0) is 21.8. The number of imidazole rings is 1. The monoisotopic (exact) mass is 431 g/mol. The molecule has 1 aliphatic heterocycles. The van der Waals surface area contributed by atoms with Crippen LogP contribution in [0.2, 0.25) is 0 Å². The summed E-state index contributed by atoms with van der Waals surface area (Å²) in [5.74, 6) is 0.731. The highest BCUT2D eigenvalue weighted by Crippen LogP contribution is 2.28. The number of aromatic nitrogens is 2. The van der Waals surface area contributed by atoms with E-state index in [4.69, 9.17) is 0 Å². The van der Waals surface area contributed by atoms with Gasteiger partial charge in [0.1, 0.15) is 5.65 Å². The molecular weight excluding hydrogens is 398 g/mol. The molecule has 2 fully saturated rings. The summed E-state index contributed by atoms with van der Waals surface area (Å²) >= 11 is 0. The Bertz CT molecular complexity index is 1050. The molecule has 3 heterocycles. The van der Waals surface area contributed by atoms with E-state index in [9.17, 15) is 4.79 Å². The number of amides is 1. The fourth-order valence-corrected chi connectivity index (χ4v) is 5.18. The number of carbonyl (C=O) groups excluding carboxylic acids is 1. The lowest BCUT2D eigenvalue weighted by atomic mass is 10.0. The van der Waals surface area contributed by atoms with Crippen molar-refractivity contribution in [1.29, 1.82) is 0 Å². The Hall–Kier alpha value is -2.86. The maximum atomic E-state index is 12.4. The van der Waals surface area contributed by atoms with Crippen LogP contribution in [0.1, 0.15) is 50.6 Å². The quantitative estimate of drug-likeness (QED) is 0.573. The number of pyridine rings is 1. The van der Waals surface area contributed by atoms with Crippen molar-refractivity contribution in [1.82, 2.24) is 14.7 Å². The second-order valence-electron chi connectivity index (χ2n) is 9.27. The summed E-state index contributed by atoms with van der Waals surface area (Å²) in [5, 5.41) is 6.84. The standard InChI is InChI=1S/C26H33N5O/c32-26(16-20-6-1-2-7-20)29-22-8-5-9-23(17-22)30-14-11-21(12-15-30)27-18-24-19-28-25-10-3-4-13-31(24)25/h3-5,8-10,13,17,19-21,27H,1-2,6-7,11-12,14-16,18H2,(H,29,32). The molecule has 0 atom stereocenters. The van der Waals surface area contributed by atoms with Crippen LogP contribution in [0.25, 0.3) is 5.65 Å². The average Bonchev–Trinajstić information content (AvgIpc) is 3.48. The van der Waals surface area contributed by atoms with E-state index in [-0.39, 0.29) is 5.91 Å². The van der Waals surface area contributed by atoms with E-state index < -0.39 is 0 Å². The zero-order valence-corrected chi connectivity index (χ0v) is 18.7. The first-order chi connectivity index (χ1) is 15.7. The van der Waals surface area contributed by atoms with Gasteiger partial charge in [0.2, 0.25) is 5.91 Å². The first-order valence-corrected chi connectivity index (χ1v) is 12.0. The summed E-state index contributed by atoms with van der Waals surface area (Å²) in [6, 6.07) is 14.9. The molecule has 5 rings (SSSR count). The van der Waals surface area contributed by atoms with Gasteiger partial charge in [-0.05, 0) is 61.9 Å². The van der Waals surface area contributed by atoms with Gasteiger partial charge in [-0.25, -0.2) is 4.98 Å². The molecular formula is C26H33N5O. The molecule has 0 bridgehead atoms. The maximum Gasteiger partial charge on any atom is 0.224 e. The van der Waals surface area contributed by atoms with Gasteiger partial charge in [0, 0.05) is 49.7 Å². The third kappa shape index (κ3) is 4.96. The Kier molecular flexibility index (Phi) is 6.39. The Morgan fingerprint density at radius 1 is 1.03 bits per heavy atom. The van der Waals surface area contributed by atoms with Gasteiger partial charge < -0.3 is 19.9 Å². The minimum atomic E-state index is 0.157. The van der Waals surface area contributed by atoms with Gasteiger partial charge in [-0.3, -0.25) is 4.79 Å². The summed E-state index contributed by atoms with van der Waals surface area (Å²) in [4.78, 5) is 19.3. The molecule has 1 aromatic carbocycles. The van der Waals surface area contributed by atoms with Crippen LogP contribution >= 0.6 is 0 Å². The Labute approximate surface area is 190 Å². The molecule has 6 nitrogen and oxygen atoms in total. The van der Waals surface area contributed by atoms with Crippen molar-refractivity contribution in [2.45, 2.75) is 57.5 Å². The number of benzene rings is 1. The van der Waals surface area contributed by atoms with Gasteiger partial charge in [-0.15, -0.1) is 0 Å². The van der Waals surface area contributed by atoms with Gasteiger partial charge in [0.25, 0.3) is 0 Å². The molecule has 0 spiro atoms. The number of rotatable bonds is 7. The lowest BCUT2D eigenvalue weighted by Crippen LogP contribution is -2.42. The largest absolute Gasteiger partial charge is 0.371 e. The molecule has 0 radical (unpaired) electrons. The normalized spacial score (nSPS) is 17.8. The smallest absolute Gasteiger partial charge is 0.224 e. The van der Waals surface area contributed by atoms with Crippen LogP contribution in [0.3, 0.4) is 0 Å². The molecule has 1 saturated heterocycles. The van der Waals surface area contributed by atoms with Crippen LogP contribution in [0.15, 0.2) is 54.9 Å². The summed E-state index contributed by atoms with van der Waals surface area (Å²) < 4.78 is 2.15. The number of piperidine rings is 1. The van der Waals surface area contributed by atoms with Crippen LogP contribution in [0.5, 0.6) is 0 Å². The third-order valence-corrected chi connectivity index (χ3v) is 7.00. The first kappa shape index (κ1) is 21.0.